The lowest BCUT2D eigenvalue weighted by Crippen LogP contribution is -2.07. The second-order valence-corrected chi connectivity index (χ2v) is 6.74. The lowest BCUT2D eigenvalue weighted by molar-refractivity contribution is -0.111. The first-order valence-electron chi connectivity index (χ1n) is 8.29. The van der Waals surface area contributed by atoms with Gasteiger partial charge in [-0.25, -0.2) is 0 Å². The van der Waals surface area contributed by atoms with Gasteiger partial charge in [-0.3, -0.25) is 9.48 Å². The summed E-state index contributed by atoms with van der Waals surface area (Å²) < 4.78 is 31.3. The molecular weight excluding hydrogens is 432 g/mol. The summed E-state index contributed by atoms with van der Waals surface area (Å²) in [4.78, 5) is 12.0. The maximum absolute atomic E-state index is 12.1. The largest absolute Gasteiger partial charge is 0.435 e. The molecule has 0 spiro atoms. The molecule has 8 heteroatoms. The molecule has 0 saturated heterocycles. The summed E-state index contributed by atoms with van der Waals surface area (Å²) >= 11 is 3.39. The van der Waals surface area contributed by atoms with Crippen LogP contribution in [0.25, 0.3) is 6.08 Å². The molecule has 0 bridgehead atoms. The van der Waals surface area contributed by atoms with E-state index < -0.39 is 6.61 Å². The first-order chi connectivity index (χ1) is 13.5. The van der Waals surface area contributed by atoms with Crippen molar-refractivity contribution in [3.63, 3.8) is 0 Å². The third-order valence-electron chi connectivity index (χ3n) is 3.69. The predicted molar refractivity (Wildman–Crippen MR) is 106 cm³/mol. The molecule has 1 amide bonds. The fraction of sp³-hybridized carbons (Fsp3) is 0.100. The highest BCUT2D eigenvalue weighted by Gasteiger charge is 2.04. The molecule has 0 aliphatic carbocycles. The van der Waals surface area contributed by atoms with E-state index in [9.17, 15) is 13.6 Å². The van der Waals surface area contributed by atoms with Gasteiger partial charge in [0.1, 0.15) is 5.75 Å². The Balaban J connectivity index is 1.54. The molecule has 0 saturated carbocycles. The van der Waals surface area contributed by atoms with E-state index in [1.54, 1.807) is 35.3 Å². The summed E-state index contributed by atoms with van der Waals surface area (Å²) in [5.41, 5.74) is 2.35. The topological polar surface area (TPSA) is 56.1 Å². The smallest absolute Gasteiger partial charge is 0.387 e. The third kappa shape index (κ3) is 6.02. The van der Waals surface area contributed by atoms with Crippen LogP contribution in [0.3, 0.4) is 0 Å². The van der Waals surface area contributed by atoms with E-state index in [0.29, 0.717) is 17.8 Å². The van der Waals surface area contributed by atoms with Gasteiger partial charge in [-0.15, -0.1) is 0 Å². The van der Waals surface area contributed by atoms with E-state index >= 15 is 0 Å². The maximum atomic E-state index is 12.1. The number of benzene rings is 2. The van der Waals surface area contributed by atoms with Gasteiger partial charge in [0.2, 0.25) is 5.91 Å². The lowest BCUT2D eigenvalue weighted by Gasteiger charge is -2.03. The Labute approximate surface area is 168 Å². The Bertz CT molecular complexity index is 954. The van der Waals surface area contributed by atoms with E-state index in [4.69, 9.17) is 0 Å². The minimum atomic E-state index is -2.86. The van der Waals surface area contributed by atoms with E-state index in [1.165, 1.54) is 18.2 Å². The molecule has 1 N–H and O–H groups in total. The Morgan fingerprint density at radius 1 is 1.18 bits per heavy atom. The molecule has 1 heterocycles. The Kier molecular flexibility index (Phi) is 6.54. The second-order valence-electron chi connectivity index (χ2n) is 5.82. The van der Waals surface area contributed by atoms with E-state index in [0.717, 1.165) is 10.0 Å². The van der Waals surface area contributed by atoms with E-state index in [-0.39, 0.29) is 11.7 Å². The van der Waals surface area contributed by atoms with E-state index in [2.05, 4.69) is 31.1 Å². The molecule has 0 aliphatic rings. The van der Waals surface area contributed by atoms with Crippen molar-refractivity contribution in [1.82, 2.24) is 9.78 Å². The average molecular weight is 448 g/mol. The van der Waals surface area contributed by atoms with Gasteiger partial charge in [0.25, 0.3) is 0 Å². The van der Waals surface area contributed by atoms with Gasteiger partial charge >= 0.3 is 6.61 Å². The van der Waals surface area contributed by atoms with Crippen LogP contribution in [-0.4, -0.2) is 22.3 Å². The SMILES string of the molecule is O=C(/C=C\c1ccc(OC(F)F)cc1)Nc1cnn(Cc2ccc(Br)cc2)c1. The second kappa shape index (κ2) is 9.27. The number of hydrogen-bond acceptors (Lipinski definition) is 3. The normalized spacial score (nSPS) is 11.1. The summed E-state index contributed by atoms with van der Waals surface area (Å²) in [6.07, 6.45) is 6.24. The first kappa shape index (κ1) is 19.8. The molecule has 0 aliphatic heterocycles. The van der Waals surface area contributed by atoms with Crippen molar-refractivity contribution in [2.75, 3.05) is 5.32 Å². The van der Waals surface area contributed by atoms with Crippen molar-refractivity contribution in [1.29, 1.82) is 0 Å². The van der Waals surface area contributed by atoms with Crippen LogP contribution in [0.5, 0.6) is 5.75 Å². The van der Waals surface area contributed by atoms with Crippen molar-refractivity contribution in [2.24, 2.45) is 0 Å². The van der Waals surface area contributed by atoms with E-state index in [1.807, 2.05) is 24.3 Å². The van der Waals surface area contributed by atoms with Gasteiger partial charge in [-0.2, -0.15) is 13.9 Å². The highest BCUT2D eigenvalue weighted by molar-refractivity contribution is 9.10. The standard InChI is InChI=1S/C20H16BrF2N3O2/c21-16-6-1-15(2-7-16)12-26-13-17(11-24-26)25-19(27)10-5-14-3-8-18(9-4-14)28-20(22)23/h1-11,13,20H,12H2,(H,25,27)/b10-5-. The number of anilines is 1. The Morgan fingerprint density at radius 3 is 2.57 bits per heavy atom. The van der Waals surface area contributed by atoms with Crippen LogP contribution in [0.1, 0.15) is 11.1 Å². The van der Waals surface area contributed by atoms with Crippen molar-refractivity contribution in [3.05, 3.63) is 82.6 Å². The molecule has 1 aromatic heterocycles. The Hall–Kier alpha value is -3.00. The third-order valence-corrected chi connectivity index (χ3v) is 4.22. The van der Waals surface area contributed by atoms with Gasteiger partial charge in [-0.05, 0) is 41.5 Å². The molecule has 2 aromatic carbocycles. The number of nitrogens with one attached hydrogen (secondary N) is 1. The molecule has 0 radical (unpaired) electrons. The molecule has 5 nitrogen and oxygen atoms in total. The summed E-state index contributed by atoms with van der Waals surface area (Å²) in [6.45, 7) is -2.27. The summed E-state index contributed by atoms with van der Waals surface area (Å²) in [5, 5.41) is 6.95. The predicted octanol–water partition coefficient (Wildman–Crippen LogP) is 4.95. The van der Waals surface area contributed by atoms with Crippen LogP contribution in [0.4, 0.5) is 14.5 Å². The van der Waals surface area contributed by atoms with Gasteiger partial charge in [0.05, 0.1) is 18.4 Å². The minimum Gasteiger partial charge on any atom is -0.435 e. The highest BCUT2D eigenvalue weighted by Crippen LogP contribution is 2.16. The van der Waals surface area contributed by atoms with Crippen LogP contribution in [-0.2, 0) is 11.3 Å². The zero-order valence-corrected chi connectivity index (χ0v) is 16.1. The van der Waals surface area contributed by atoms with Gasteiger partial charge in [0.15, 0.2) is 0 Å². The summed E-state index contributed by atoms with van der Waals surface area (Å²) in [6, 6.07) is 13.9. The lowest BCUT2D eigenvalue weighted by atomic mass is 10.2. The van der Waals surface area contributed by atoms with Gasteiger partial charge in [0, 0.05) is 16.7 Å². The van der Waals surface area contributed by atoms with Crippen molar-refractivity contribution < 1.29 is 18.3 Å². The number of nitrogens with zero attached hydrogens (tertiary/aromatic N) is 2. The molecule has 0 unspecified atom stereocenters. The number of amides is 1. The van der Waals surface area contributed by atoms with Crippen LogP contribution in [0.2, 0.25) is 0 Å². The quantitative estimate of drug-likeness (QED) is 0.521. The van der Waals surface area contributed by atoms with Crippen molar-refractivity contribution >= 4 is 33.6 Å². The van der Waals surface area contributed by atoms with Crippen molar-refractivity contribution in [3.8, 4) is 5.75 Å². The highest BCUT2D eigenvalue weighted by atomic mass is 79.9. The number of rotatable bonds is 7. The molecule has 0 atom stereocenters. The van der Waals surface area contributed by atoms with Crippen LogP contribution < -0.4 is 10.1 Å². The molecule has 3 aromatic rings. The number of hydrogen-bond donors (Lipinski definition) is 1. The molecular formula is C20H16BrF2N3O2. The van der Waals surface area contributed by atoms with Crippen LogP contribution >= 0.6 is 15.9 Å². The van der Waals surface area contributed by atoms with Crippen LogP contribution in [0, 0.1) is 0 Å². The number of carbonyl (C=O) groups excluding carboxylic acids is 1. The number of alkyl halides is 2. The fourth-order valence-corrected chi connectivity index (χ4v) is 2.67. The van der Waals surface area contributed by atoms with Crippen molar-refractivity contribution in [2.45, 2.75) is 13.2 Å². The summed E-state index contributed by atoms with van der Waals surface area (Å²) in [7, 11) is 0. The fourth-order valence-electron chi connectivity index (χ4n) is 2.41. The number of aromatic nitrogens is 2. The number of halogens is 3. The maximum Gasteiger partial charge on any atom is 0.387 e. The Morgan fingerprint density at radius 2 is 1.89 bits per heavy atom. The summed E-state index contributed by atoms with van der Waals surface area (Å²) in [5.74, 6) is -0.258. The monoisotopic (exact) mass is 447 g/mol. The molecule has 3 rings (SSSR count). The average Bonchev–Trinajstić information content (AvgIpc) is 3.09. The molecule has 144 valence electrons. The minimum absolute atomic E-state index is 0.0646. The zero-order chi connectivity index (χ0) is 19.9. The first-order valence-corrected chi connectivity index (χ1v) is 9.08. The van der Waals surface area contributed by atoms with Crippen LogP contribution in [0.15, 0.2) is 71.5 Å². The zero-order valence-electron chi connectivity index (χ0n) is 14.6. The molecule has 28 heavy (non-hydrogen) atoms. The number of carbonyl (C=O) groups is 1. The number of ether oxygens (including phenoxy) is 1. The molecule has 0 fully saturated rings. The van der Waals surface area contributed by atoms with Gasteiger partial charge in [-0.1, -0.05) is 40.2 Å². The van der Waals surface area contributed by atoms with Gasteiger partial charge < -0.3 is 10.1 Å².